The molecular formula is C17H21NSe. The van der Waals surface area contributed by atoms with Gasteiger partial charge in [0.05, 0.1) is 0 Å². The van der Waals surface area contributed by atoms with Crippen LogP contribution in [-0.4, -0.2) is 19.1 Å². The summed E-state index contributed by atoms with van der Waals surface area (Å²) in [5.74, 6) is 0. The number of nitrogens with zero attached hydrogens (tertiary/aromatic N) is 1. The Hall–Kier alpha value is -1.50. The minimum absolute atomic E-state index is 0.254. The monoisotopic (exact) mass is 319 g/mol. The molecule has 0 unspecified atom stereocenters. The van der Waals surface area contributed by atoms with E-state index in [1.807, 2.05) is 32.1 Å². The van der Waals surface area contributed by atoms with Crippen molar-refractivity contribution in [3.8, 4) is 0 Å². The van der Waals surface area contributed by atoms with Gasteiger partial charge in [-0.15, -0.1) is 0 Å². The van der Waals surface area contributed by atoms with Crippen LogP contribution in [-0.2, 0) is 0 Å². The van der Waals surface area contributed by atoms with E-state index in [1.54, 1.807) is 0 Å². The van der Waals surface area contributed by atoms with Gasteiger partial charge in [-0.25, -0.2) is 0 Å². The fourth-order valence-corrected chi connectivity index (χ4v) is 3.02. The Kier molecular flexibility index (Phi) is 7.72. The standard InChI is InChI=1S/C15H15NSe.C2H6/c1-14-10-6-4-5-9-13-17-16(14)15-11-7-2-3-8-12-15;1-2/h2,4-13H,1,3H2;1-2H3/b5-4-,10-6+,13-9+;. The van der Waals surface area contributed by atoms with Crippen LogP contribution in [0.2, 0.25) is 0 Å². The van der Waals surface area contributed by atoms with Crippen molar-refractivity contribution < 1.29 is 0 Å². The van der Waals surface area contributed by atoms with E-state index >= 15 is 0 Å². The van der Waals surface area contributed by atoms with Gasteiger partial charge in [-0.3, -0.25) is 0 Å². The molecule has 1 heterocycles. The maximum absolute atomic E-state index is 4.13. The predicted molar refractivity (Wildman–Crippen MR) is 86.5 cm³/mol. The molecule has 0 fully saturated rings. The third kappa shape index (κ3) is 5.33. The van der Waals surface area contributed by atoms with Gasteiger partial charge < -0.3 is 0 Å². The molecular weight excluding hydrogens is 297 g/mol. The summed E-state index contributed by atoms with van der Waals surface area (Å²) in [5, 5.41) is 0. The molecule has 2 rings (SSSR count). The number of hydrogen-bond acceptors (Lipinski definition) is 1. The fraction of sp³-hybridized carbons (Fsp3) is 0.176. The summed E-state index contributed by atoms with van der Waals surface area (Å²) in [6.07, 6.45) is 22.0. The van der Waals surface area contributed by atoms with Crippen molar-refractivity contribution >= 4 is 15.2 Å². The molecule has 0 aromatic rings. The largest absolute Gasteiger partial charge is 0.0683 e. The SMILES string of the molecule is C=C1/C=C/C=C\C=C\[Se]N1C1=CC=CCC=C1.CC. The smallest absolute Gasteiger partial charge is 0.0683 e. The van der Waals surface area contributed by atoms with Gasteiger partial charge >= 0.3 is 109 Å². The Balaban J connectivity index is 0.000000861. The molecule has 0 spiro atoms. The quantitative estimate of drug-likeness (QED) is 0.644. The van der Waals surface area contributed by atoms with Crippen molar-refractivity contribution in [1.29, 1.82) is 0 Å². The first-order valence-electron chi connectivity index (χ1n) is 6.57. The van der Waals surface area contributed by atoms with E-state index in [9.17, 15) is 0 Å². The Morgan fingerprint density at radius 2 is 1.79 bits per heavy atom. The zero-order valence-electron chi connectivity index (χ0n) is 11.6. The van der Waals surface area contributed by atoms with Crippen molar-refractivity contribution in [3.63, 3.8) is 0 Å². The van der Waals surface area contributed by atoms with E-state index in [1.165, 1.54) is 5.70 Å². The molecule has 19 heavy (non-hydrogen) atoms. The number of rotatable bonds is 1. The van der Waals surface area contributed by atoms with Gasteiger partial charge in [-0.2, -0.15) is 0 Å². The summed E-state index contributed by atoms with van der Waals surface area (Å²) >= 11 is 0.254. The maximum Gasteiger partial charge on any atom is -0.0683 e. The van der Waals surface area contributed by atoms with Crippen LogP contribution in [0, 0.1) is 0 Å². The first kappa shape index (κ1) is 15.6. The molecule has 2 aliphatic rings. The predicted octanol–water partition coefficient (Wildman–Crippen LogP) is 4.49. The summed E-state index contributed by atoms with van der Waals surface area (Å²) < 4.78 is 2.26. The van der Waals surface area contributed by atoms with Crippen LogP contribution in [0.1, 0.15) is 20.3 Å². The molecule has 0 bridgehead atoms. The van der Waals surface area contributed by atoms with Crippen LogP contribution >= 0.6 is 0 Å². The van der Waals surface area contributed by atoms with E-state index < -0.39 is 0 Å². The van der Waals surface area contributed by atoms with E-state index in [2.05, 4.69) is 58.0 Å². The van der Waals surface area contributed by atoms with Crippen LogP contribution in [0.4, 0.5) is 0 Å². The fourth-order valence-electron chi connectivity index (χ4n) is 1.50. The third-order valence-electron chi connectivity index (χ3n) is 2.33. The van der Waals surface area contributed by atoms with Crippen LogP contribution < -0.4 is 0 Å². The number of hydrogen-bond donors (Lipinski definition) is 0. The molecule has 0 saturated heterocycles. The molecule has 2 heteroatoms. The normalized spacial score (nSPS) is 22.9. The van der Waals surface area contributed by atoms with Crippen molar-refractivity contribution in [1.82, 2.24) is 3.92 Å². The second-order valence-corrected chi connectivity index (χ2v) is 5.40. The molecule has 0 aromatic heterocycles. The zero-order valence-corrected chi connectivity index (χ0v) is 13.3. The van der Waals surface area contributed by atoms with Gasteiger partial charge in [-0.05, 0) is 0 Å². The van der Waals surface area contributed by atoms with Crippen LogP contribution in [0.5, 0.6) is 0 Å². The van der Waals surface area contributed by atoms with Crippen molar-refractivity contribution in [2.24, 2.45) is 0 Å². The Morgan fingerprint density at radius 3 is 2.63 bits per heavy atom. The van der Waals surface area contributed by atoms with Gasteiger partial charge in [0.15, 0.2) is 0 Å². The Labute approximate surface area is 123 Å². The Morgan fingerprint density at radius 1 is 1.00 bits per heavy atom. The summed E-state index contributed by atoms with van der Waals surface area (Å²) in [6, 6.07) is 0. The topological polar surface area (TPSA) is 3.24 Å². The minimum atomic E-state index is 0.254. The maximum atomic E-state index is 4.13. The summed E-state index contributed by atoms with van der Waals surface area (Å²) in [7, 11) is 0. The first-order valence-corrected chi connectivity index (χ1v) is 8.32. The molecule has 1 aliphatic carbocycles. The minimum Gasteiger partial charge on any atom is -0.0683 e. The van der Waals surface area contributed by atoms with Crippen LogP contribution in [0.15, 0.2) is 83.7 Å². The molecule has 0 radical (unpaired) electrons. The van der Waals surface area contributed by atoms with E-state index in [4.69, 9.17) is 0 Å². The van der Waals surface area contributed by atoms with Crippen molar-refractivity contribution in [2.45, 2.75) is 20.3 Å². The summed E-state index contributed by atoms with van der Waals surface area (Å²) in [6.45, 7) is 8.13. The number of allylic oxidation sites excluding steroid dienone is 10. The van der Waals surface area contributed by atoms with Crippen LogP contribution in [0.3, 0.4) is 0 Å². The third-order valence-corrected chi connectivity index (χ3v) is 4.29. The second-order valence-electron chi connectivity index (χ2n) is 3.62. The van der Waals surface area contributed by atoms with E-state index in [-0.39, 0.29) is 15.2 Å². The molecule has 0 atom stereocenters. The van der Waals surface area contributed by atoms with Crippen molar-refractivity contribution in [3.05, 3.63) is 83.7 Å². The molecule has 1 nitrogen and oxygen atoms in total. The van der Waals surface area contributed by atoms with Gasteiger partial charge in [0, 0.05) is 0 Å². The van der Waals surface area contributed by atoms with Gasteiger partial charge in [0.1, 0.15) is 0 Å². The van der Waals surface area contributed by atoms with Gasteiger partial charge in [0.2, 0.25) is 0 Å². The molecule has 1 aliphatic heterocycles. The average molecular weight is 318 g/mol. The molecule has 0 aromatic carbocycles. The van der Waals surface area contributed by atoms with Gasteiger partial charge in [-0.1, -0.05) is 13.8 Å². The average Bonchev–Trinajstić information content (AvgIpc) is 2.67. The van der Waals surface area contributed by atoms with Crippen molar-refractivity contribution in [2.75, 3.05) is 0 Å². The second kappa shape index (κ2) is 9.43. The molecule has 0 saturated carbocycles. The molecule has 0 N–H and O–H groups in total. The van der Waals surface area contributed by atoms with E-state index in [0.717, 1.165) is 12.1 Å². The van der Waals surface area contributed by atoms with Gasteiger partial charge in [0.25, 0.3) is 0 Å². The van der Waals surface area contributed by atoms with E-state index in [0.29, 0.717) is 0 Å². The zero-order chi connectivity index (χ0) is 13.9. The summed E-state index contributed by atoms with van der Waals surface area (Å²) in [5.41, 5.74) is 2.24. The molecule has 100 valence electrons. The first-order chi connectivity index (χ1) is 9.38. The van der Waals surface area contributed by atoms with Crippen LogP contribution in [0.25, 0.3) is 0 Å². The Bertz CT molecular complexity index is 462. The molecule has 0 amide bonds. The summed E-state index contributed by atoms with van der Waals surface area (Å²) in [4.78, 5) is 2.20.